The number of likely N-dealkylation sites (tertiary alicyclic amines) is 2. The largest absolute Gasteiger partial charge is 0.368 e. The second-order valence-corrected chi connectivity index (χ2v) is 15.8. The lowest BCUT2D eigenvalue weighted by atomic mass is 10.0. The van der Waals surface area contributed by atoms with Gasteiger partial charge < -0.3 is 35.1 Å². The molecule has 12 heteroatoms. The van der Waals surface area contributed by atoms with Crippen molar-refractivity contribution >= 4 is 17.8 Å². The van der Waals surface area contributed by atoms with Gasteiger partial charge in [0.2, 0.25) is 5.91 Å². The molecule has 4 aliphatic rings. The summed E-state index contributed by atoms with van der Waals surface area (Å²) in [4.78, 5) is 60.8. The van der Waals surface area contributed by atoms with Crippen molar-refractivity contribution in [3.8, 4) is 33.6 Å². The molecule has 9 rings (SSSR count). The number of amides is 4. The van der Waals surface area contributed by atoms with Crippen molar-refractivity contribution in [3.63, 3.8) is 0 Å². The smallest absolute Gasteiger partial charge is 0.315 e. The number of aromatic amines is 2. The summed E-state index contributed by atoms with van der Waals surface area (Å²) >= 11 is 0. The van der Waals surface area contributed by atoms with Crippen LogP contribution in [0.3, 0.4) is 0 Å². The molecular formula is C45H50N8O4. The summed E-state index contributed by atoms with van der Waals surface area (Å²) in [6, 6.07) is 25.0. The van der Waals surface area contributed by atoms with Gasteiger partial charge in [-0.2, -0.15) is 0 Å². The van der Waals surface area contributed by atoms with Gasteiger partial charge in [-0.15, -0.1) is 0 Å². The molecule has 1 saturated carbocycles. The minimum atomic E-state index is -0.794. The Balaban J connectivity index is 0.852. The third-order valence-electron chi connectivity index (χ3n) is 12.1. The highest BCUT2D eigenvalue weighted by atomic mass is 16.5. The molecular weight excluding hydrogens is 717 g/mol. The van der Waals surface area contributed by atoms with Crippen molar-refractivity contribution in [2.24, 2.45) is 0 Å². The van der Waals surface area contributed by atoms with E-state index in [2.05, 4.69) is 69.1 Å². The number of imidazole rings is 2. The van der Waals surface area contributed by atoms with Crippen LogP contribution in [0.5, 0.6) is 0 Å². The lowest BCUT2D eigenvalue weighted by Crippen LogP contribution is -2.48. The lowest BCUT2D eigenvalue weighted by molar-refractivity contribution is -0.142. The number of aromatic nitrogens is 4. The van der Waals surface area contributed by atoms with E-state index in [1.54, 1.807) is 0 Å². The van der Waals surface area contributed by atoms with Gasteiger partial charge >= 0.3 is 6.03 Å². The molecule has 5 heterocycles. The number of carbonyl (C=O) groups is 3. The second kappa shape index (κ2) is 16.4. The molecule has 57 heavy (non-hydrogen) atoms. The fourth-order valence-corrected chi connectivity index (χ4v) is 9.09. The predicted molar refractivity (Wildman–Crippen MR) is 216 cm³/mol. The zero-order valence-electron chi connectivity index (χ0n) is 32.2. The first kappa shape index (κ1) is 36.9. The molecule has 1 aliphatic carbocycles. The van der Waals surface area contributed by atoms with Gasteiger partial charge in [-0.05, 0) is 68.1 Å². The lowest BCUT2D eigenvalue weighted by Gasteiger charge is -2.29. The summed E-state index contributed by atoms with van der Waals surface area (Å²) in [6.07, 6.45) is 12.9. The van der Waals surface area contributed by atoms with Gasteiger partial charge in [0, 0.05) is 49.3 Å². The monoisotopic (exact) mass is 766 g/mol. The van der Waals surface area contributed by atoms with Crippen LogP contribution in [0, 0.1) is 0 Å². The van der Waals surface area contributed by atoms with Crippen LogP contribution in [-0.2, 0) is 14.3 Å². The fourth-order valence-electron chi connectivity index (χ4n) is 9.09. The third kappa shape index (κ3) is 7.83. The molecule has 12 nitrogen and oxygen atoms in total. The van der Waals surface area contributed by atoms with E-state index in [-0.39, 0.29) is 42.1 Å². The summed E-state index contributed by atoms with van der Waals surface area (Å²) in [5.74, 6) is 1.53. The molecule has 0 unspecified atom stereocenters. The Morgan fingerprint density at radius 1 is 0.649 bits per heavy atom. The van der Waals surface area contributed by atoms with Crippen LogP contribution in [-0.4, -0.2) is 79.4 Å². The Labute approximate surface area is 332 Å². The Morgan fingerprint density at radius 3 is 1.79 bits per heavy atom. The van der Waals surface area contributed by atoms with E-state index in [4.69, 9.17) is 14.7 Å². The van der Waals surface area contributed by atoms with Crippen molar-refractivity contribution < 1.29 is 19.1 Å². The van der Waals surface area contributed by atoms with Crippen molar-refractivity contribution in [1.29, 1.82) is 0 Å². The molecule has 4 N–H and O–H groups in total. The van der Waals surface area contributed by atoms with E-state index < -0.39 is 6.04 Å². The van der Waals surface area contributed by atoms with Gasteiger partial charge in [0.05, 0.1) is 23.5 Å². The number of hydrogen-bond acceptors (Lipinski definition) is 6. The summed E-state index contributed by atoms with van der Waals surface area (Å²) in [5, 5.41) is 6.08. The Hall–Kier alpha value is -5.75. The van der Waals surface area contributed by atoms with Gasteiger partial charge in [-0.3, -0.25) is 9.59 Å². The van der Waals surface area contributed by atoms with Crippen LogP contribution in [0.4, 0.5) is 4.79 Å². The average molecular weight is 767 g/mol. The minimum Gasteiger partial charge on any atom is -0.368 e. The van der Waals surface area contributed by atoms with Crippen molar-refractivity contribution in [2.75, 3.05) is 19.7 Å². The number of urea groups is 1. The van der Waals surface area contributed by atoms with Crippen LogP contribution in [0.25, 0.3) is 33.6 Å². The first-order chi connectivity index (χ1) is 28.0. The normalized spacial score (nSPS) is 21.6. The number of H-pyrrole nitrogens is 2. The zero-order valence-corrected chi connectivity index (χ0v) is 32.2. The molecule has 0 bridgehead atoms. The summed E-state index contributed by atoms with van der Waals surface area (Å²) in [5.41, 5.74) is 6.59. The molecule has 3 saturated heterocycles. The van der Waals surface area contributed by atoms with Crippen LogP contribution in [0.2, 0.25) is 0 Å². The van der Waals surface area contributed by atoms with Crippen LogP contribution < -0.4 is 10.6 Å². The van der Waals surface area contributed by atoms with Gasteiger partial charge in [-0.1, -0.05) is 91.7 Å². The van der Waals surface area contributed by atoms with Gasteiger partial charge in [0.15, 0.2) is 0 Å². The Kier molecular flexibility index (Phi) is 10.6. The van der Waals surface area contributed by atoms with Crippen molar-refractivity contribution in [3.05, 3.63) is 108 Å². The van der Waals surface area contributed by atoms with E-state index in [0.29, 0.717) is 13.2 Å². The second-order valence-electron chi connectivity index (χ2n) is 15.8. The maximum atomic E-state index is 14.2. The quantitative estimate of drug-likeness (QED) is 0.115. The number of nitrogens with one attached hydrogen (secondary N) is 4. The van der Waals surface area contributed by atoms with Crippen LogP contribution >= 0.6 is 0 Å². The Morgan fingerprint density at radius 2 is 1.21 bits per heavy atom. The van der Waals surface area contributed by atoms with Crippen molar-refractivity contribution in [1.82, 2.24) is 40.4 Å². The highest BCUT2D eigenvalue weighted by molar-refractivity contribution is 5.89. The van der Waals surface area contributed by atoms with Crippen LogP contribution in [0.1, 0.15) is 99.5 Å². The minimum absolute atomic E-state index is 0.0480. The SMILES string of the molecule is O=C(NC1CCCC1)N[C@@H](C(=O)N1CCC[C@H]1c1nc(-c2ccc(-c3ccc(-c4c[nH]c([C@@H]5CCCN5C(=O)[C@H]5CCCO5)n4)cc3)cc2)c[nH]1)c1ccccc1. The molecule has 3 aromatic carbocycles. The molecule has 294 valence electrons. The third-order valence-corrected chi connectivity index (χ3v) is 12.1. The number of carbonyl (C=O) groups excluding carboxylic acids is 3. The average Bonchev–Trinajstić information content (AvgIpc) is 4.10. The van der Waals surface area contributed by atoms with Gasteiger partial charge in [0.25, 0.3) is 5.91 Å². The standard InChI is InChI=1S/C45H50N8O4/c54-43(39-15-8-26-57-39)52-24-6-13-37(52)41-46-27-35(49-41)31-20-16-29(17-21-31)30-18-22-32(23-19-30)36-28-47-42(50-36)38-14-7-25-53(38)44(55)40(33-9-2-1-3-10-33)51-45(56)48-34-11-4-5-12-34/h1-3,9-10,16-23,27-28,34,37-40H,4-8,11-15,24-26H2,(H,46,49)(H,47,50)(H2,48,51,56)/t37-,38-,39+,40+/m0/s1. The van der Waals surface area contributed by atoms with E-state index in [9.17, 15) is 14.4 Å². The first-order valence-corrected chi connectivity index (χ1v) is 20.6. The molecule has 4 amide bonds. The molecule has 4 fully saturated rings. The van der Waals surface area contributed by atoms with Crippen LogP contribution in [0.15, 0.2) is 91.3 Å². The Bertz CT molecular complexity index is 2170. The summed E-state index contributed by atoms with van der Waals surface area (Å²) in [6.45, 7) is 2.00. The highest BCUT2D eigenvalue weighted by Gasteiger charge is 2.38. The number of benzene rings is 3. The van der Waals surface area contributed by atoms with Crippen molar-refractivity contribution in [2.45, 2.75) is 94.5 Å². The predicted octanol–water partition coefficient (Wildman–Crippen LogP) is 7.62. The molecule has 2 aromatic heterocycles. The number of hydrogen-bond donors (Lipinski definition) is 4. The molecule has 0 radical (unpaired) electrons. The molecule has 4 atom stereocenters. The number of rotatable bonds is 10. The fraction of sp³-hybridized carbons (Fsp3) is 0.400. The first-order valence-electron chi connectivity index (χ1n) is 20.6. The zero-order chi connectivity index (χ0) is 38.7. The molecule has 0 spiro atoms. The number of ether oxygens (including phenoxy) is 1. The van der Waals surface area contributed by atoms with Gasteiger partial charge in [0.1, 0.15) is 23.8 Å². The van der Waals surface area contributed by atoms with E-state index >= 15 is 0 Å². The van der Waals surface area contributed by atoms with E-state index in [1.165, 1.54) is 0 Å². The molecule has 3 aliphatic heterocycles. The number of nitrogens with zero attached hydrogens (tertiary/aromatic N) is 4. The maximum absolute atomic E-state index is 14.2. The van der Waals surface area contributed by atoms with Gasteiger partial charge in [-0.25, -0.2) is 14.8 Å². The summed E-state index contributed by atoms with van der Waals surface area (Å²) in [7, 11) is 0. The topological polar surface area (TPSA) is 148 Å². The van der Waals surface area contributed by atoms with E-state index in [0.717, 1.165) is 122 Å². The summed E-state index contributed by atoms with van der Waals surface area (Å²) < 4.78 is 5.68. The highest BCUT2D eigenvalue weighted by Crippen LogP contribution is 2.36. The molecule has 5 aromatic rings. The van der Waals surface area contributed by atoms with E-state index in [1.807, 2.05) is 52.5 Å². The maximum Gasteiger partial charge on any atom is 0.315 e.